The van der Waals surface area contributed by atoms with Crippen LogP contribution >= 0.6 is 0 Å². The third-order valence-electron chi connectivity index (χ3n) is 3.67. The summed E-state index contributed by atoms with van der Waals surface area (Å²) in [5, 5.41) is 0. The van der Waals surface area contributed by atoms with E-state index in [0.717, 1.165) is 36.0 Å². The van der Waals surface area contributed by atoms with Crippen molar-refractivity contribution in [3.63, 3.8) is 0 Å². The van der Waals surface area contributed by atoms with Gasteiger partial charge >= 0.3 is 0 Å². The van der Waals surface area contributed by atoms with Gasteiger partial charge in [0, 0.05) is 12.0 Å². The van der Waals surface area contributed by atoms with E-state index >= 15 is 0 Å². The van der Waals surface area contributed by atoms with Crippen molar-refractivity contribution in [2.24, 2.45) is 0 Å². The molecule has 0 N–H and O–H groups in total. The van der Waals surface area contributed by atoms with Crippen molar-refractivity contribution in [3.05, 3.63) is 58.7 Å². The number of Topliss-reactive ketones (excluding diaryl/α,β-unsaturated/α-hetero) is 2. The summed E-state index contributed by atoms with van der Waals surface area (Å²) in [5.41, 5.74) is 3.95. The van der Waals surface area contributed by atoms with E-state index in [1.54, 1.807) is 6.92 Å². The Morgan fingerprint density at radius 2 is 1.55 bits per heavy atom. The van der Waals surface area contributed by atoms with Gasteiger partial charge in [-0.2, -0.15) is 0 Å². The Morgan fingerprint density at radius 1 is 0.909 bits per heavy atom. The second-order valence-corrected chi connectivity index (χ2v) is 5.96. The minimum Gasteiger partial charge on any atom is -0.300 e. The van der Waals surface area contributed by atoms with Gasteiger partial charge in [0.25, 0.3) is 0 Å². The summed E-state index contributed by atoms with van der Waals surface area (Å²) < 4.78 is 0. The summed E-state index contributed by atoms with van der Waals surface area (Å²) in [6.45, 7) is 7.66. The van der Waals surface area contributed by atoms with E-state index in [9.17, 15) is 9.59 Å². The van der Waals surface area contributed by atoms with E-state index in [-0.39, 0.29) is 11.6 Å². The van der Waals surface area contributed by atoms with Crippen molar-refractivity contribution in [1.82, 2.24) is 0 Å². The van der Waals surface area contributed by atoms with Crippen LogP contribution in [-0.2, 0) is 4.79 Å². The van der Waals surface area contributed by atoms with E-state index in [0.29, 0.717) is 6.42 Å². The van der Waals surface area contributed by atoms with Gasteiger partial charge in [0.1, 0.15) is 5.78 Å². The van der Waals surface area contributed by atoms with Gasteiger partial charge in [0.15, 0.2) is 5.78 Å². The molecule has 0 aromatic heterocycles. The average Bonchev–Trinajstić information content (AvgIpc) is 2.47. The maximum atomic E-state index is 12.6. The van der Waals surface area contributed by atoms with Crippen molar-refractivity contribution in [3.8, 4) is 0 Å². The molecule has 0 aliphatic heterocycles. The first-order valence-corrected chi connectivity index (χ1v) is 7.83. The fourth-order valence-electron chi connectivity index (χ4n) is 2.30. The molecule has 0 unspecified atom stereocenters. The molecule has 1 aromatic rings. The molecule has 1 aromatic carbocycles. The van der Waals surface area contributed by atoms with E-state index in [2.05, 4.69) is 13.0 Å². The highest BCUT2D eigenvalue weighted by molar-refractivity contribution is 6.09. The zero-order valence-electron chi connectivity index (χ0n) is 14.1. The first kappa shape index (κ1) is 18.1. The first-order valence-electron chi connectivity index (χ1n) is 7.83. The second kappa shape index (κ2) is 9.14. The molecule has 0 aliphatic carbocycles. The molecule has 0 heterocycles. The summed E-state index contributed by atoms with van der Waals surface area (Å²) in [4.78, 5) is 23.5. The van der Waals surface area contributed by atoms with Gasteiger partial charge in [-0.25, -0.2) is 0 Å². The van der Waals surface area contributed by atoms with Crippen molar-refractivity contribution in [2.75, 3.05) is 0 Å². The molecule has 0 saturated heterocycles. The summed E-state index contributed by atoms with van der Waals surface area (Å²) in [7, 11) is 0. The lowest BCUT2D eigenvalue weighted by molar-refractivity contribution is -0.116. The molecule has 0 saturated carbocycles. The number of allylic oxidation sites excluding steroid dienone is 4. The standard InChI is InChI=1S/C20H26O2/c1-15(2)19(20(22)18-11-6-5-7-12-18)14-13-16(3)9-8-10-17(4)21/h5-7,9,11-12H,8,10,13-14H2,1-4H3/b16-9+. The summed E-state index contributed by atoms with van der Waals surface area (Å²) >= 11 is 0. The zero-order valence-corrected chi connectivity index (χ0v) is 14.1. The monoisotopic (exact) mass is 298 g/mol. The number of ketones is 2. The molecule has 22 heavy (non-hydrogen) atoms. The van der Waals surface area contributed by atoms with Gasteiger partial charge in [-0.05, 0) is 52.5 Å². The Morgan fingerprint density at radius 3 is 2.09 bits per heavy atom. The summed E-state index contributed by atoms with van der Waals surface area (Å²) in [6.07, 6.45) is 5.10. The molecule has 0 spiro atoms. The zero-order chi connectivity index (χ0) is 16.5. The quantitative estimate of drug-likeness (QED) is 0.370. The van der Waals surface area contributed by atoms with E-state index in [1.807, 2.05) is 44.2 Å². The molecule has 0 atom stereocenters. The Bertz CT molecular complexity index is 573. The molecule has 1 rings (SSSR count). The van der Waals surface area contributed by atoms with Crippen LogP contribution in [-0.4, -0.2) is 11.6 Å². The minimum absolute atomic E-state index is 0.122. The van der Waals surface area contributed by atoms with Gasteiger partial charge in [0.05, 0.1) is 0 Å². The number of hydrogen-bond acceptors (Lipinski definition) is 2. The lowest BCUT2D eigenvalue weighted by Crippen LogP contribution is -2.05. The number of rotatable bonds is 8. The molecular weight excluding hydrogens is 272 g/mol. The third kappa shape index (κ3) is 6.21. The topological polar surface area (TPSA) is 34.1 Å². The Labute approximate surface area is 133 Å². The maximum Gasteiger partial charge on any atom is 0.188 e. The fourth-order valence-corrected chi connectivity index (χ4v) is 2.30. The second-order valence-electron chi connectivity index (χ2n) is 5.96. The van der Waals surface area contributed by atoms with Gasteiger partial charge in [-0.1, -0.05) is 47.6 Å². The molecule has 0 fully saturated rings. The molecule has 0 aliphatic rings. The van der Waals surface area contributed by atoms with E-state index < -0.39 is 0 Å². The number of carbonyl (C=O) groups excluding carboxylic acids is 2. The lowest BCUT2D eigenvalue weighted by Gasteiger charge is -2.10. The van der Waals surface area contributed by atoms with Crippen LogP contribution in [0.3, 0.4) is 0 Å². The molecular formula is C20H26O2. The number of benzene rings is 1. The van der Waals surface area contributed by atoms with Crippen LogP contribution in [0.2, 0.25) is 0 Å². The van der Waals surface area contributed by atoms with Gasteiger partial charge in [-0.3, -0.25) is 4.79 Å². The van der Waals surface area contributed by atoms with Gasteiger partial charge in [-0.15, -0.1) is 0 Å². The lowest BCUT2D eigenvalue weighted by atomic mass is 9.94. The van der Waals surface area contributed by atoms with Crippen LogP contribution in [0, 0.1) is 0 Å². The van der Waals surface area contributed by atoms with Crippen LogP contribution in [0.15, 0.2) is 53.1 Å². The van der Waals surface area contributed by atoms with Gasteiger partial charge in [0.2, 0.25) is 0 Å². The predicted molar refractivity (Wildman–Crippen MR) is 92.1 cm³/mol. The molecule has 0 radical (unpaired) electrons. The Balaban J connectivity index is 2.69. The van der Waals surface area contributed by atoms with Crippen LogP contribution in [0.1, 0.15) is 63.7 Å². The average molecular weight is 298 g/mol. The molecule has 118 valence electrons. The summed E-state index contributed by atoms with van der Waals surface area (Å²) in [5.74, 6) is 0.338. The Kier molecular flexibility index (Phi) is 7.51. The van der Waals surface area contributed by atoms with Crippen LogP contribution in [0.5, 0.6) is 0 Å². The van der Waals surface area contributed by atoms with E-state index in [1.165, 1.54) is 5.57 Å². The van der Waals surface area contributed by atoms with Gasteiger partial charge < -0.3 is 4.79 Å². The normalized spacial score (nSPS) is 11.2. The molecule has 2 nitrogen and oxygen atoms in total. The van der Waals surface area contributed by atoms with Crippen LogP contribution in [0.25, 0.3) is 0 Å². The Hall–Kier alpha value is -1.96. The van der Waals surface area contributed by atoms with Crippen molar-refractivity contribution >= 4 is 11.6 Å². The highest BCUT2D eigenvalue weighted by Crippen LogP contribution is 2.20. The van der Waals surface area contributed by atoms with E-state index in [4.69, 9.17) is 0 Å². The highest BCUT2D eigenvalue weighted by atomic mass is 16.1. The van der Waals surface area contributed by atoms with Crippen molar-refractivity contribution in [1.29, 1.82) is 0 Å². The summed E-state index contributed by atoms with van der Waals surface area (Å²) in [6, 6.07) is 9.42. The van der Waals surface area contributed by atoms with Crippen molar-refractivity contribution < 1.29 is 9.59 Å². The maximum absolute atomic E-state index is 12.6. The molecule has 0 amide bonds. The molecule has 2 heteroatoms. The smallest absolute Gasteiger partial charge is 0.188 e. The minimum atomic E-state index is 0.122. The predicted octanol–water partition coefficient (Wildman–Crippen LogP) is 5.30. The SMILES string of the molecule is CC(=O)CC/C=C(\C)CCC(C(=O)c1ccccc1)=C(C)C. The van der Waals surface area contributed by atoms with Crippen LogP contribution < -0.4 is 0 Å². The third-order valence-corrected chi connectivity index (χ3v) is 3.67. The van der Waals surface area contributed by atoms with Crippen molar-refractivity contribution in [2.45, 2.75) is 53.4 Å². The molecule has 0 bridgehead atoms. The largest absolute Gasteiger partial charge is 0.300 e. The highest BCUT2D eigenvalue weighted by Gasteiger charge is 2.13. The number of carbonyl (C=O) groups is 2. The van der Waals surface area contributed by atoms with Crippen LogP contribution in [0.4, 0.5) is 0 Å². The fraction of sp³-hybridized carbons (Fsp3) is 0.400. The first-order chi connectivity index (χ1) is 10.4. The number of hydrogen-bond donors (Lipinski definition) is 0.